The molecule has 2 aliphatic rings. The number of ether oxygens (including phenoxy) is 1. The van der Waals surface area contributed by atoms with Crippen LogP contribution in [0.25, 0.3) is 0 Å². The van der Waals surface area contributed by atoms with Crippen LogP contribution >= 0.6 is 11.3 Å². The summed E-state index contributed by atoms with van der Waals surface area (Å²) in [6.07, 6.45) is -0.0701. The lowest BCUT2D eigenvalue weighted by molar-refractivity contribution is -0.153. The number of anilines is 1. The number of carbonyl (C=O) groups is 4. The van der Waals surface area contributed by atoms with Crippen LogP contribution < -0.4 is 5.32 Å². The molecule has 0 bridgehead atoms. The van der Waals surface area contributed by atoms with E-state index in [2.05, 4.69) is 5.32 Å². The first-order chi connectivity index (χ1) is 11.9. The molecule has 3 rings (SSSR count). The standard InChI is InChI=1S/C16H19N3O5S/c1-8(24-3)6-18-11(20)5-4-10(15(18)22)19-14(21)9-7-25-13(17-2)12(9)16(19)23/h7-8,10,17H,4-6H2,1-3H3. The van der Waals surface area contributed by atoms with Gasteiger partial charge in [0.05, 0.1) is 23.8 Å². The minimum atomic E-state index is -0.955. The molecule has 0 spiro atoms. The second-order valence-corrected chi connectivity index (χ2v) is 6.91. The molecule has 8 nitrogen and oxygen atoms in total. The molecule has 4 amide bonds. The molecule has 25 heavy (non-hydrogen) atoms. The molecule has 0 aliphatic carbocycles. The van der Waals surface area contributed by atoms with E-state index in [1.54, 1.807) is 19.4 Å². The predicted octanol–water partition coefficient (Wildman–Crippen LogP) is 0.938. The average molecular weight is 365 g/mol. The Bertz CT molecular complexity index is 759. The van der Waals surface area contributed by atoms with Gasteiger partial charge in [-0.2, -0.15) is 0 Å². The molecule has 2 atom stereocenters. The van der Waals surface area contributed by atoms with E-state index in [1.165, 1.54) is 18.4 Å². The van der Waals surface area contributed by atoms with Gasteiger partial charge in [0.25, 0.3) is 17.7 Å². The van der Waals surface area contributed by atoms with Crippen molar-refractivity contribution in [2.75, 3.05) is 26.0 Å². The van der Waals surface area contributed by atoms with Gasteiger partial charge in [0.2, 0.25) is 5.91 Å². The van der Waals surface area contributed by atoms with Gasteiger partial charge < -0.3 is 10.1 Å². The number of amides is 4. The second-order valence-electron chi connectivity index (χ2n) is 6.03. The van der Waals surface area contributed by atoms with Gasteiger partial charge in [0.15, 0.2) is 0 Å². The molecule has 1 fully saturated rings. The van der Waals surface area contributed by atoms with E-state index in [0.717, 1.165) is 9.80 Å². The fourth-order valence-corrected chi connectivity index (χ4v) is 4.01. The number of likely N-dealkylation sites (tertiary alicyclic amines) is 1. The van der Waals surface area contributed by atoms with Crippen LogP contribution in [0.1, 0.15) is 40.5 Å². The average Bonchev–Trinajstić information content (AvgIpc) is 3.13. The van der Waals surface area contributed by atoms with Gasteiger partial charge in [-0.3, -0.25) is 29.0 Å². The van der Waals surface area contributed by atoms with Crippen LogP contribution in [0, 0.1) is 0 Å². The number of nitrogens with one attached hydrogen (secondary N) is 1. The van der Waals surface area contributed by atoms with Crippen molar-refractivity contribution in [1.82, 2.24) is 9.80 Å². The SMILES string of the molecule is CNc1scc2c1C(=O)N(C1CCC(=O)N(CC(C)OC)C1=O)C2=O. The highest BCUT2D eigenvalue weighted by molar-refractivity contribution is 7.15. The summed E-state index contributed by atoms with van der Waals surface area (Å²) in [7, 11) is 3.16. The van der Waals surface area contributed by atoms with E-state index in [-0.39, 0.29) is 31.4 Å². The van der Waals surface area contributed by atoms with E-state index < -0.39 is 23.8 Å². The smallest absolute Gasteiger partial charge is 0.265 e. The van der Waals surface area contributed by atoms with Gasteiger partial charge in [0, 0.05) is 26.0 Å². The lowest BCUT2D eigenvalue weighted by atomic mass is 10.0. The van der Waals surface area contributed by atoms with Crippen LogP contribution in [0.2, 0.25) is 0 Å². The Hall–Kier alpha value is -2.26. The molecule has 1 N–H and O–H groups in total. The molecular weight excluding hydrogens is 346 g/mol. The number of piperidine rings is 1. The van der Waals surface area contributed by atoms with Crippen molar-refractivity contribution < 1.29 is 23.9 Å². The number of carbonyl (C=O) groups excluding carboxylic acids is 4. The lowest BCUT2D eigenvalue weighted by Gasteiger charge is -2.35. The summed E-state index contributed by atoms with van der Waals surface area (Å²) < 4.78 is 5.12. The summed E-state index contributed by atoms with van der Waals surface area (Å²) in [5.41, 5.74) is 0.611. The Morgan fingerprint density at radius 3 is 2.68 bits per heavy atom. The zero-order valence-corrected chi connectivity index (χ0v) is 15.0. The summed E-state index contributed by atoms with van der Waals surface area (Å²) in [5.74, 6) is -1.81. The minimum Gasteiger partial charge on any atom is -0.380 e. The first kappa shape index (κ1) is 17.6. The number of hydrogen-bond acceptors (Lipinski definition) is 7. The Labute approximate surface area is 148 Å². The van der Waals surface area contributed by atoms with Gasteiger partial charge in [-0.1, -0.05) is 0 Å². The Balaban J connectivity index is 1.88. The van der Waals surface area contributed by atoms with Gasteiger partial charge >= 0.3 is 0 Å². The van der Waals surface area contributed by atoms with Crippen molar-refractivity contribution in [2.45, 2.75) is 31.9 Å². The van der Waals surface area contributed by atoms with Crippen LogP contribution in [0.5, 0.6) is 0 Å². The quantitative estimate of drug-likeness (QED) is 0.780. The van der Waals surface area contributed by atoms with Crippen molar-refractivity contribution in [3.8, 4) is 0 Å². The fraction of sp³-hybridized carbons (Fsp3) is 0.500. The number of fused-ring (bicyclic) bond motifs is 1. The van der Waals surface area contributed by atoms with E-state index in [1.807, 2.05) is 0 Å². The monoisotopic (exact) mass is 365 g/mol. The summed E-state index contributed by atoms with van der Waals surface area (Å²) >= 11 is 1.28. The van der Waals surface area contributed by atoms with Gasteiger partial charge in [-0.05, 0) is 13.3 Å². The first-order valence-electron chi connectivity index (χ1n) is 7.94. The third-order valence-electron chi connectivity index (χ3n) is 4.54. The van der Waals surface area contributed by atoms with Crippen molar-refractivity contribution in [3.63, 3.8) is 0 Å². The lowest BCUT2D eigenvalue weighted by Crippen LogP contribution is -2.57. The molecule has 0 radical (unpaired) electrons. The van der Waals surface area contributed by atoms with Crippen LogP contribution in [0.3, 0.4) is 0 Å². The van der Waals surface area contributed by atoms with Crippen molar-refractivity contribution in [2.24, 2.45) is 0 Å². The minimum absolute atomic E-state index is 0.101. The summed E-state index contributed by atoms with van der Waals surface area (Å²) in [6.45, 7) is 1.84. The molecule has 2 aliphatic heterocycles. The number of hydrogen-bond donors (Lipinski definition) is 1. The second kappa shape index (κ2) is 6.57. The highest BCUT2D eigenvalue weighted by Crippen LogP contribution is 2.37. The Kier molecular flexibility index (Phi) is 4.61. The molecule has 134 valence electrons. The normalized spacial score (nSPS) is 21.8. The van der Waals surface area contributed by atoms with Crippen LogP contribution in [0.4, 0.5) is 5.00 Å². The third kappa shape index (κ3) is 2.73. The summed E-state index contributed by atoms with van der Waals surface area (Å²) in [6, 6.07) is -0.955. The van der Waals surface area contributed by atoms with Gasteiger partial charge in [0.1, 0.15) is 11.0 Å². The van der Waals surface area contributed by atoms with E-state index in [9.17, 15) is 19.2 Å². The molecule has 0 aromatic carbocycles. The van der Waals surface area contributed by atoms with Crippen molar-refractivity contribution in [1.29, 1.82) is 0 Å². The third-order valence-corrected chi connectivity index (χ3v) is 5.53. The zero-order valence-electron chi connectivity index (χ0n) is 14.2. The van der Waals surface area contributed by atoms with Gasteiger partial charge in [-0.15, -0.1) is 11.3 Å². The molecule has 9 heteroatoms. The summed E-state index contributed by atoms with van der Waals surface area (Å²) in [5, 5.41) is 5.11. The molecule has 2 unspecified atom stereocenters. The molecule has 0 saturated carbocycles. The Morgan fingerprint density at radius 2 is 2.04 bits per heavy atom. The molecular formula is C16H19N3O5S. The van der Waals surface area contributed by atoms with Crippen LogP contribution in [-0.2, 0) is 14.3 Å². The summed E-state index contributed by atoms with van der Waals surface area (Å²) in [4.78, 5) is 52.4. The first-order valence-corrected chi connectivity index (χ1v) is 8.82. The van der Waals surface area contributed by atoms with Crippen LogP contribution in [-0.4, -0.2) is 66.3 Å². The number of rotatable bonds is 5. The van der Waals surface area contributed by atoms with Crippen molar-refractivity contribution >= 4 is 40.0 Å². The highest BCUT2D eigenvalue weighted by atomic mass is 32.1. The predicted molar refractivity (Wildman–Crippen MR) is 90.6 cm³/mol. The highest BCUT2D eigenvalue weighted by Gasteiger charge is 2.48. The van der Waals surface area contributed by atoms with Crippen LogP contribution in [0.15, 0.2) is 5.38 Å². The fourth-order valence-electron chi connectivity index (χ4n) is 3.12. The molecule has 1 saturated heterocycles. The number of methoxy groups -OCH3 is 1. The maximum absolute atomic E-state index is 12.8. The van der Waals surface area contributed by atoms with E-state index in [4.69, 9.17) is 4.74 Å². The molecule has 1 aromatic heterocycles. The molecule has 3 heterocycles. The molecule has 1 aromatic rings. The number of nitrogens with zero attached hydrogens (tertiary/aromatic N) is 2. The maximum atomic E-state index is 12.8. The van der Waals surface area contributed by atoms with Crippen molar-refractivity contribution in [3.05, 3.63) is 16.5 Å². The zero-order chi connectivity index (χ0) is 18.3. The maximum Gasteiger partial charge on any atom is 0.265 e. The topological polar surface area (TPSA) is 96.0 Å². The number of imide groups is 2. The van der Waals surface area contributed by atoms with Gasteiger partial charge in [-0.25, -0.2) is 0 Å². The largest absolute Gasteiger partial charge is 0.380 e. The number of thiophene rings is 1. The Morgan fingerprint density at radius 1 is 1.32 bits per heavy atom. The van der Waals surface area contributed by atoms with E-state index >= 15 is 0 Å². The van der Waals surface area contributed by atoms with E-state index in [0.29, 0.717) is 16.1 Å².